The van der Waals surface area contributed by atoms with Crippen LogP contribution in [-0.4, -0.2) is 12.5 Å². The lowest BCUT2D eigenvalue weighted by molar-refractivity contribution is 0.368. The molecule has 0 bridgehead atoms. The molecule has 0 unspecified atom stereocenters. The molecule has 1 aromatic carbocycles. The summed E-state index contributed by atoms with van der Waals surface area (Å²) in [5, 5.41) is 0.738. The first-order chi connectivity index (χ1) is 6.79. The minimum Gasteiger partial charge on any atom is -0.418 e. The zero-order valence-corrected chi connectivity index (χ0v) is 9.39. The zero-order chi connectivity index (χ0) is 11.9. The van der Waals surface area contributed by atoms with E-state index in [1.807, 2.05) is 0 Å². The fraction of sp³-hybridized carbons (Fsp3) is 0.333. The van der Waals surface area contributed by atoms with E-state index in [9.17, 15) is 17.3 Å². The van der Waals surface area contributed by atoms with E-state index < -0.39 is 7.25 Å². The van der Waals surface area contributed by atoms with Crippen molar-refractivity contribution in [3.05, 3.63) is 30.3 Å². The van der Waals surface area contributed by atoms with Crippen molar-refractivity contribution in [2.24, 2.45) is 0 Å². The van der Waals surface area contributed by atoms with Crippen LogP contribution in [0.1, 0.15) is 13.8 Å². The van der Waals surface area contributed by atoms with Crippen molar-refractivity contribution < 1.29 is 17.3 Å². The van der Waals surface area contributed by atoms with E-state index in [1.54, 1.807) is 0 Å². The summed E-state index contributed by atoms with van der Waals surface area (Å²) in [6.45, 7) is 4.46. The van der Waals surface area contributed by atoms with Gasteiger partial charge in [0.25, 0.3) is 0 Å². The van der Waals surface area contributed by atoms with E-state index in [4.69, 9.17) is 0 Å². The molecule has 1 rings (SSSR count). The molecule has 0 aliphatic carbocycles. The first-order valence-corrected chi connectivity index (χ1v) is 5.38. The van der Waals surface area contributed by atoms with Crippen molar-refractivity contribution in [3.63, 3.8) is 0 Å². The zero-order valence-electron chi connectivity index (χ0n) is 8.50. The van der Waals surface area contributed by atoms with Crippen LogP contribution in [0, 0.1) is 0 Å². The number of thiol groups is 1. The van der Waals surface area contributed by atoms with Gasteiger partial charge in [-0.05, 0) is 26.0 Å². The maximum absolute atomic E-state index is 9.75. The molecule has 15 heavy (non-hydrogen) atoms. The summed E-state index contributed by atoms with van der Waals surface area (Å²) < 4.78 is 39.0. The summed E-state index contributed by atoms with van der Waals surface area (Å²) in [5.41, 5.74) is 0. The van der Waals surface area contributed by atoms with Crippen LogP contribution in [0.15, 0.2) is 35.2 Å². The van der Waals surface area contributed by atoms with E-state index in [1.165, 1.54) is 16.7 Å². The lowest BCUT2D eigenvalue weighted by Crippen LogP contribution is -2.02. The Hall–Kier alpha value is -0.645. The SMILES string of the molecule is CC(C)[SH+]c1ccccc1.F[B-](F)(F)F. The van der Waals surface area contributed by atoms with Crippen LogP contribution < -0.4 is 0 Å². The molecule has 86 valence electrons. The van der Waals surface area contributed by atoms with Crippen LogP contribution in [-0.2, 0) is 11.8 Å². The lowest BCUT2D eigenvalue weighted by atomic mass is 10.3. The molecule has 0 aromatic heterocycles. The molecular weight excluding hydrogens is 227 g/mol. The minimum absolute atomic E-state index is 0.738. The smallest absolute Gasteiger partial charge is 0.418 e. The molecule has 0 saturated carbocycles. The molecule has 0 amide bonds. The average Bonchev–Trinajstić information content (AvgIpc) is 2.01. The normalized spacial score (nSPS) is 10.9. The fourth-order valence-corrected chi connectivity index (χ4v) is 1.75. The molecule has 0 heterocycles. The van der Waals surface area contributed by atoms with Gasteiger partial charge in [-0.1, -0.05) is 18.2 Å². The highest BCUT2D eigenvalue weighted by Gasteiger charge is 2.20. The van der Waals surface area contributed by atoms with E-state index in [2.05, 4.69) is 44.2 Å². The molecule has 0 atom stereocenters. The quantitative estimate of drug-likeness (QED) is 0.321. The highest BCUT2D eigenvalue weighted by molar-refractivity contribution is 7.79. The third kappa shape index (κ3) is 13.4. The minimum atomic E-state index is -6.00. The number of rotatable bonds is 2. The molecule has 0 aliphatic rings. The maximum Gasteiger partial charge on any atom is 0.673 e. The van der Waals surface area contributed by atoms with Crippen LogP contribution in [0.3, 0.4) is 0 Å². The predicted molar refractivity (Wildman–Crippen MR) is 58.8 cm³/mol. The standard InChI is InChI=1S/C9H12S.BF4/c1-8(2)10-9-6-4-3-5-7-9;2-1(3,4)5/h3-8H,1-2H3;/q;-1/p+1. The van der Waals surface area contributed by atoms with Crippen LogP contribution >= 0.6 is 0 Å². The molecule has 0 fully saturated rings. The van der Waals surface area contributed by atoms with Crippen molar-refractivity contribution in [1.29, 1.82) is 0 Å². The Morgan fingerprint density at radius 1 is 1.00 bits per heavy atom. The molecule has 0 saturated heterocycles. The number of benzene rings is 1. The maximum atomic E-state index is 9.75. The van der Waals surface area contributed by atoms with Crippen molar-refractivity contribution >= 4 is 19.0 Å². The molecule has 1 aromatic rings. The highest BCUT2D eigenvalue weighted by atomic mass is 32.2. The molecule has 0 N–H and O–H groups in total. The van der Waals surface area contributed by atoms with Gasteiger partial charge >= 0.3 is 7.25 Å². The van der Waals surface area contributed by atoms with Gasteiger partial charge in [0, 0.05) is 11.8 Å². The number of hydrogen-bond acceptors (Lipinski definition) is 0. The van der Waals surface area contributed by atoms with Crippen molar-refractivity contribution in [3.8, 4) is 0 Å². The van der Waals surface area contributed by atoms with Gasteiger partial charge in [0.15, 0.2) is 4.90 Å². The van der Waals surface area contributed by atoms with E-state index in [-0.39, 0.29) is 0 Å². The summed E-state index contributed by atoms with van der Waals surface area (Å²) in [6.07, 6.45) is 0. The Morgan fingerprint density at radius 3 is 1.73 bits per heavy atom. The summed E-state index contributed by atoms with van der Waals surface area (Å²) in [6, 6.07) is 10.6. The van der Waals surface area contributed by atoms with E-state index in [0.717, 1.165) is 5.25 Å². The predicted octanol–water partition coefficient (Wildman–Crippen LogP) is 3.57. The second-order valence-electron chi connectivity index (χ2n) is 3.05. The largest absolute Gasteiger partial charge is 0.673 e. The molecular formula is C9H13BF4S. The Morgan fingerprint density at radius 2 is 1.40 bits per heavy atom. The van der Waals surface area contributed by atoms with Crippen LogP contribution in [0.25, 0.3) is 0 Å². The number of halogens is 4. The van der Waals surface area contributed by atoms with Crippen molar-refractivity contribution in [1.82, 2.24) is 0 Å². The Kier molecular flexibility index (Phi) is 6.48. The molecule has 0 nitrogen and oxygen atoms in total. The Balaban J connectivity index is 0.000000336. The lowest BCUT2D eigenvalue weighted by Gasteiger charge is -1.94. The van der Waals surface area contributed by atoms with Crippen LogP contribution in [0.4, 0.5) is 17.3 Å². The van der Waals surface area contributed by atoms with Crippen LogP contribution in [0.2, 0.25) is 0 Å². The van der Waals surface area contributed by atoms with Crippen molar-refractivity contribution in [2.45, 2.75) is 24.0 Å². The fourth-order valence-electron chi connectivity index (χ4n) is 0.812. The molecule has 0 spiro atoms. The Bertz CT molecular complexity index is 255. The molecule has 6 heteroatoms. The van der Waals surface area contributed by atoms with Gasteiger partial charge in [0.05, 0.1) is 0 Å². The third-order valence-corrected chi connectivity index (χ3v) is 2.28. The number of hydrogen-bond donors (Lipinski definition) is 0. The molecule has 0 radical (unpaired) electrons. The highest BCUT2D eigenvalue weighted by Crippen LogP contribution is 2.06. The first kappa shape index (κ1) is 14.4. The van der Waals surface area contributed by atoms with Gasteiger partial charge in [-0.15, -0.1) is 0 Å². The first-order valence-electron chi connectivity index (χ1n) is 4.42. The van der Waals surface area contributed by atoms with Gasteiger partial charge in [-0.3, -0.25) is 0 Å². The van der Waals surface area contributed by atoms with Gasteiger partial charge < -0.3 is 17.3 Å². The average molecular weight is 240 g/mol. The summed E-state index contributed by atoms with van der Waals surface area (Å²) in [7, 11) is -6.00. The summed E-state index contributed by atoms with van der Waals surface area (Å²) >= 11 is 1.43. The Labute approximate surface area is 91.2 Å². The summed E-state index contributed by atoms with van der Waals surface area (Å²) in [5.74, 6) is 0. The molecule has 0 aliphatic heterocycles. The van der Waals surface area contributed by atoms with Crippen LogP contribution in [0.5, 0.6) is 0 Å². The monoisotopic (exact) mass is 240 g/mol. The second kappa shape index (κ2) is 6.77. The van der Waals surface area contributed by atoms with E-state index in [0.29, 0.717) is 0 Å². The topological polar surface area (TPSA) is 0 Å². The van der Waals surface area contributed by atoms with Gasteiger partial charge in [-0.25, -0.2) is 0 Å². The van der Waals surface area contributed by atoms with E-state index >= 15 is 0 Å². The third-order valence-electron chi connectivity index (χ3n) is 1.16. The second-order valence-corrected chi connectivity index (χ2v) is 4.86. The van der Waals surface area contributed by atoms with Gasteiger partial charge in [0.1, 0.15) is 5.25 Å². The van der Waals surface area contributed by atoms with Crippen molar-refractivity contribution in [2.75, 3.05) is 0 Å². The van der Waals surface area contributed by atoms with Gasteiger partial charge in [-0.2, -0.15) is 0 Å². The van der Waals surface area contributed by atoms with Gasteiger partial charge in [0.2, 0.25) is 0 Å². The summed E-state index contributed by atoms with van der Waals surface area (Å²) in [4.78, 5) is 1.41.